The number of ether oxygens (including phenoxy) is 2. The lowest BCUT2D eigenvalue weighted by Crippen LogP contribution is -2.38. The number of aliphatic imine (C=N–C) groups is 1. The van der Waals surface area contributed by atoms with E-state index >= 15 is 0 Å². The Morgan fingerprint density at radius 2 is 2.04 bits per heavy atom. The number of guanidine groups is 1. The Balaban J connectivity index is 0.00000392. The molecule has 1 aromatic heterocycles. The molecule has 1 heterocycles. The van der Waals surface area contributed by atoms with E-state index in [9.17, 15) is 0 Å². The maximum Gasteiger partial charge on any atom is 0.192 e. The molecule has 0 spiro atoms. The van der Waals surface area contributed by atoms with Gasteiger partial charge in [0.2, 0.25) is 0 Å². The van der Waals surface area contributed by atoms with Crippen molar-refractivity contribution in [2.45, 2.75) is 33.4 Å². The van der Waals surface area contributed by atoms with Crippen LogP contribution in [0, 0.1) is 6.92 Å². The molecular weight excluding hydrogens is 473 g/mol. The summed E-state index contributed by atoms with van der Waals surface area (Å²) < 4.78 is 16.5. The van der Waals surface area contributed by atoms with Gasteiger partial charge in [-0.05, 0) is 50.6 Å². The van der Waals surface area contributed by atoms with Crippen LogP contribution in [0.25, 0.3) is 0 Å². The summed E-state index contributed by atoms with van der Waals surface area (Å²) in [6.07, 6.45) is 0. The van der Waals surface area contributed by atoms with E-state index in [0.717, 1.165) is 23.6 Å². The second-order valence-corrected chi connectivity index (χ2v) is 6.07. The van der Waals surface area contributed by atoms with E-state index in [0.29, 0.717) is 24.0 Å². The van der Waals surface area contributed by atoms with Gasteiger partial charge in [0.15, 0.2) is 17.5 Å². The Hall–Kier alpha value is -1.94. The average Bonchev–Trinajstić information content (AvgIpc) is 3.11. The van der Waals surface area contributed by atoms with Crippen LogP contribution < -0.4 is 20.1 Å². The fourth-order valence-electron chi connectivity index (χ4n) is 2.54. The summed E-state index contributed by atoms with van der Waals surface area (Å²) in [5, 5.41) is 15.5. The van der Waals surface area contributed by atoms with Crippen molar-refractivity contribution in [3.8, 4) is 11.5 Å². The van der Waals surface area contributed by atoms with E-state index in [1.165, 1.54) is 0 Å². The number of benzene rings is 1. The molecule has 1 unspecified atom stereocenters. The first-order chi connectivity index (χ1) is 13.1. The van der Waals surface area contributed by atoms with Gasteiger partial charge in [0.05, 0.1) is 26.3 Å². The van der Waals surface area contributed by atoms with Crippen LogP contribution in [-0.2, 0) is 6.54 Å². The number of aliphatic hydroxyl groups is 1. The summed E-state index contributed by atoms with van der Waals surface area (Å²) in [4.78, 5) is 4.64. The van der Waals surface area contributed by atoms with Crippen molar-refractivity contribution in [2.24, 2.45) is 4.99 Å². The minimum Gasteiger partial charge on any atom is -0.493 e. The molecule has 0 bridgehead atoms. The summed E-state index contributed by atoms with van der Waals surface area (Å²) in [5.74, 6) is 3.68. The molecule has 0 aliphatic rings. The standard InChI is InChI=1S/C20H29N3O4.HI/c1-5-21-20(23-15(3)17-8-6-14(2)27-17)22-13-16-7-9-18(26-11-10-24)19(12-16)25-4;/h6-9,12,15,24H,5,10-11,13H2,1-4H3,(H2,21,22,23);1H. The number of furan rings is 1. The van der Waals surface area contributed by atoms with Crippen LogP contribution in [0.15, 0.2) is 39.7 Å². The van der Waals surface area contributed by atoms with E-state index in [1.807, 2.05) is 51.1 Å². The number of methoxy groups -OCH3 is 1. The van der Waals surface area contributed by atoms with Crippen molar-refractivity contribution in [2.75, 3.05) is 26.9 Å². The van der Waals surface area contributed by atoms with Gasteiger partial charge in [-0.3, -0.25) is 0 Å². The third kappa shape index (κ3) is 7.23. The van der Waals surface area contributed by atoms with Crippen LogP contribution in [0.3, 0.4) is 0 Å². The number of nitrogens with one attached hydrogen (secondary N) is 2. The molecule has 156 valence electrons. The molecule has 2 rings (SSSR count). The summed E-state index contributed by atoms with van der Waals surface area (Å²) >= 11 is 0. The zero-order valence-electron chi connectivity index (χ0n) is 16.8. The van der Waals surface area contributed by atoms with Crippen LogP contribution in [0.5, 0.6) is 11.5 Å². The number of halogens is 1. The normalized spacial score (nSPS) is 12.1. The van der Waals surface area contributed by atoms with E-state index in [1.54, 1.807) is 7.11 Å². The second kappa shape index (κ2) is 12.5. The van der Waals surface area contributed by atoms with Crippen molar-refractivity contribution >= 4 is 29.9 Å². The number of rotatable bonds is 9. The van der Waals surface area contributed by atoms with E-state index < -0.39 is 0 Å². The maximum absolute atomic E-state index is 8.89. The average molecular weight is 503 g/mol. The molecule has 0 amide bonds. The largest absolute Gasteiger partial charge is 0.493 e. The molecule has 0 saturated heterocycles. The molecule has 0 radical (unpaired) electrons. The van der Waals surface area contributed by atoms with Crippen LogP contribution in [0.1, 0.15) is 37.0 Å². The Labute approximate surface area is 183 Å². The molecule has 28 heavy (non-hydrogen) atoms. The van der Waals surface area contributed by atoms with Gasteiger partial charge < -0.3 is 29.6 Å². The predicted octanol–water partition coefficient (Wildman–Crippen LogP) is 3.40. The molecule has 7 nitrogen and oxygen atoms in total. The highest BCUT2D eigenvalue weighted by Crippen LogP contribution is 2.28. The Morgan fingerprint density at radius 3 is 2.64 bits per heavy atom. The van der Waals surface area contributed by atoms with Crippen LogP contribution in [-0.4, -0.2) is 37.9 Å². The lowest BCUT2D eigenvalue weighted by molar-refractivity contribution is 0.196. The lowest BCUT2D eigenvalue weighted by atomic mass is 10.2. The fraction of sp³-hybridized carbons (Fsp3) is 0.450. The highest BCUT2D eigenvalue weighted by Gasteiger charge is 2.11. The number of aliphatic hydroxyl groups excluding tert-OH is 1. The lowest BCUT2D eigenvalue weighted by Gasteiger charge is -2.16. The van der Waals surface area contributed by atoms with Gasteiger partial charge in [0, 0.05) is 6.54 Å². The highest BCUT2D eigenvalue weighted by atomic mass is 127. The minimum atomic E-state index is -0.0414. The molecule has 0 saturated carbocycles. The summed E-state index contributed by atoms with van der Waals surface area (Å²) in [6.45, 7) is 7.41. The first kappa shape index (κ1) is 24.1. The molecule has 1 aromatic carbocycles. The van der Waals surface area contributed by atoms with Crippen LogP contribution in [0.4, 0.5) is 0 Å². The third-order valence-corrected chi connectivity index (χ3v) is 3.88. The van der Waals surface area contributed by atoms with Crippen molar-refractivity contribution in [3.05, 3.63) is 47.4 Å². The first-order valence-electron chi connectivity index (χ1n) is 9.09. The molecular formula is C20H30IN3O4. The zero-order chi connectivity index (χ0) is 19.6. The maximum atomic E-state index is 8.89. The molecule has 8 heteroatoms. The van der Waals surface area contributed by atoms with Crippen LogP contribution in [0.2, 0.25) is 0 Å². The quantitative estimate of drug-likeness (QED) is 0.276. The van der Waals surface area contributed by atoms with Crippen LogP contribution >= 0.6 is 24.0 Å². The Morgan fingerprint density at radius 1 is 1.25 bits per heavy atom. The molecule has 0 aliphatic carbocycles. The van der Waals surface area contributed by atoms with Crippen molar-refractivity contribution in [3.63, 3.8) is 0 Å². The second-order valence-electron chi connectivity index (χ2n) is 6.07. The molecule has 0 fully saturated rings. The van der Waals surface area contributed by atoms with Crippen molar-refractivity contribution in [1.29, 1.82) is 0 Å². The van der Waals surface area contributed by atoms with Crippen molar-refractivity contribution in [1.82, 2.24) is 10.6 Å². The van der Waals surface area contributed by atoms with Gasteiger partial charge in [-0.2, -0.15) is 0 Å². The molecule has 2 aromatic rings. The summed E-state index contributed by atoms with van der Waals surface area (Å²) in [7, 11) is 1.59. The predicted molar refractivity (Wildman–Crippen MR) is 121 cm³/mol. The fourth-order valence-corrected chi connectivity index (χ4v) is 2.54. The van der Waals surface area contributed by atoms with Gasteiger partial charge in [-0.15, -0.1) is 24.0 Å². The van der Waals surface area contributed by atoms with E-state index in [4.69, 9.17) is 19.0 Å². The smallest absolute Gasteiger partial charge is 0.192 e. The van der Waals surface area contributed by atoms with Gasteiger partial charge in [0.1, 0.15) is 18.1 Å². The number of nitrogens with zero attached hydrogens (tertiary/aromatic N) is 1. The van der Waals surface area contributed by atoms with E-state index in [2.05, 4.69) is 15.6 Å². The third-order valence-electron chi connectivity index (χ3n) is 3.88. The zero-order valence-corrected chi connectivity index (χ0v) is 19.2. The number of aryl methyl sites for hydroxylation is 1. The van der Waals surface area contributed by atoms with E-state index in [-0.39, 0.29) is 43.2 Å². The highest BCUT2D eigenvalue weighted by molar-refractivity contribution is 14.0. The van der Waals surface area contributed by atoms with Gasteiger partial charge in [-0.25, -0.2) is 4.99 Å². The van der Waals surface area contributed by atoms with Gasteiger partial charge in [-0.1, -0.05) is 6.07 Å². The minimum absolute atomic E-state index is 0. The molecule has 1 atom stereocenters. The number of hydrogen-bond acceptors (Lipinski definition) is 5. The summed E-state index contributed by atoms with van der Waals surface area (Å²) in [6, 6.07) is 9.56. The SMILES string of the molecule is CCNC(=NCc1ccc(OCCO)c(OC)c1)NC(C)c1ccc(C)o1.I. The molecule has 0 aliphatic heterocycles. The van der Waals surface area contributed by atoms with Gasteiger partial charge >= 0.3 is 0 Å². The van der Waals surface area contributed by atoms with Gasteiger partial charge in [0.25, 0.3) is 0 Å². The topological polar surface area (TPSA) is 88.3 Å². The Kier molecular flexibility index (Phi) is 10.8. The molecule has 3 N–H and O–H groups in total. The monoisotopic (exact) mass is 503 g/mol. The first-order valence-corrected chi connectivity index (χ1v) is 9.09. The number of hydrogen-bond donors (Lipinski definition) is 3. The Bertz CT molecular complexity index is 749. The van der Waals surface area contributed by atoms with Crippen molar-refractivity contribution < 1.29 is 19.0 Å². The summed E-state index contributed by atoms with van der Waals surface area (Å²) in [5.41, 5.74) is 0.988.